The number of anilines is 1. The molecule has 0 saturated heterocycles. The molecule has 0 saturated carbocycles. The SMILES string of the molecule is CC(C)(C)c1ccc(-c2cccc(C3Nc4ccc(F)c(OC(=O)O)c4CC3(C)C)c2)cc1. The Morgan fingerprint density at radius 2 is 1.76 bits per heavy atom. The van der Waals surface area contributed by atoms with E-state index in [1.165, 1.54) is 11.6 Å². The highest BCUT2D eigenvalue weighted by Gasteiger charge is 2.38. The number of hydrogen-bond donors (Lipinski definition) is 2. The first-order valence-corrected chi connectivity index (χ1v) is 11.2. The zero-order chi connectivity index (χ0) is 24.0. The first-order chi connectivity index (χ1) is 15.5. The highest BCUT2D eigenvalue weighted by Crippen LogP contribution is 2.48. The number of rotatable bonds is 3. The maximum absolute atomic E-state index is 14.3. The van der Waals surface area contributed by atoms with Gasteiger partial charge >= 0.3 is 6.16 Å². The Morgan fingerprint density at radius 1 is 1.06 bits per heavy atom. The Bertz CT molecular complexity index is 1190. The van der Waals surface area contributed by atoms with Gasteiger partial charge in [-0.3, -0.25) is 0 Å². The lowest BCUT2D eigenvalue weighted by molar-refractivity contribution is 0.141. The molecular formula is C28H30FNO3. The van der Waals surface area contributed by atoms with E-state index in [2.05, 4.69) is 88.5 Å². The maximum Gasteiger partial charge on any atom is 0.511 e. The van der Waals surface area contributed by atoms with Crippen LogP contribution in [0, 0.1) is 11.2 Å². The fourth-order valence-electron chi connectivity index (χ4n) is 4.61. The molecule has 1 unspecified atom stereocenters. The minimum atomic E-state index is -1.52. The predicted octanol–water partition coefficient (Wildman–Crippen LogP) is 7.58. The molecule has 1 heterocycles. The van der Waals surface area contributed by atoms with Crippen LogP contribution in [-0.4, -0.2) is 11.3 Å². The third-order valence-corrected chi connectivity index (χ3v) is 6.42. The van der Waals surface area contributed by atoms with Gasteiger partial charge in [-0.25, -0.2) is 9.18 Å². The Labute approximate surface area is 194 Å². The molecule has 4 rings (SSSR count). The van der Waals surface area contributed by atoms with E-state index in [1.54, 1.807) is 6.07 Å². The van der Waals surface area contributed by atoms with Gasteiger partial charge in [0.15, 0.2) is 11.6 Å². The number of nitrogens with one attached hydrogen (secondary N) is 1. The molecule has 0 radical (unpaired) electrons. The van der Waals surface area contributed by atoms with E-state index in [4.69, 9.17) is 9.84 Å². The van der Waals surface area contributed by atoms with Crippen LogP contribution in [0.1, 0.15) is 57.4 Å². The summed E-state index contributed by atoms with van der Waals surface area (Å²) >= 11 is 0. The summed E-state index contributed by atoms with van der Waals surface area (Å²) in [6.45, 7) is 10.8. The molecule has 1 aliphatic rings. The molecule has 3 aromatic carbocycles. The van der Waals surface area contributed by atoms with Crippen LogP contribution in [-0.2, 0) is 11.8 Å². The summed E-state index contributed by atoms with van der Waals surface area (Å²) in [5, 5.41) is 12.6. The van der Waals surface area contributed by atoms with Crippen LogP contribution in [0.5, 0.6) is 5.75 Å². The summed E-state index contributed by atoms with van der Waals surface area (Å²) in [4.78, 5) is 11.1. The van der Waals surface area contributed by atoms with Crippen molar-refractivity contribution in [2.75, 3.05) is 5.32 Å². The zero-order valence-corrected chi connectivity index (χ0v) is 19.7. The van der Waals surface area contributed by atoms with Crippen molar-refractivity contribution < 1.29 is 19.0 Å². The summed E-state index contributed by atoms with van der Waals surface area (Å²) < 4.78 is 19.1. The molecule has 1 atom stereocenters. The average molecular weight is 448 g/mol. The molecular weight excluding hydrogens is 417 g/mol. The number of carboxylic acid groups (broad SMARTS) is 1. The molecule has 2 N–H and O–H groups in total. The summed E-state index contributed by atoms with van der Waals surface area (Å²) in [6.07, 6.45) is -1.04. The first-order valence-electron chi connectivity index (χ1n) is 11.2. The second kappa shape index (κ2) is 8.22. The summed E-state index contributed by atoms with van der Waals surface area (Å²) in [6, 6.07) is 20.0. The monoisotopic (exact) mass is 447 g/mol. The number of ether oxygens (including phenoxy) is 1. The Hall–Kier alpha value is -3.34. The van der Waals surface area contributed by atoms with Crippen LogP contribution >= 0.6 is 0 Å². The minimum absolute atomic E-state index is 0.0399. The zero-order valence-electron chi connectivity index (χ0n) is 19.7. The van der Waals surface area contributed by atoms with Gasteiger partial charge in [0.25, 0.3) is 0 Å². The van der Waals surface area contributed by atoms with Gasteiger partial charge < -0.3 is 15.2 Å². The maximum atomic E-state index is 14.3. The summed E-state index contributed by atoms with van der Waals surface area (Å²) in [5.74, 6) is -0.889. The molecule has 3 aromatic rings. The van der Waals surface area contributed by atoms with Gasteiger partial charge in [-0.2, -0.15) is 0 Å². The van der Waals surface area contributed by atoms with Crippen LogP contribution in [0.25, 0.3) is 11.1 Å². The fourth-order valence-corrected chi connectivity index (χ4v) is 4.61. The highest BCUT2D eigenvalue weighted by molar-refractivity contribution is 5.69. The minimum Gasteiger partial charge on any atom is -0.449 e. The van der Waals surface area contributed by atoms with E-state index in [0.29, 0.717) is 17.7 Å². The van der Waals surface area contributed by atoms with Gasteiger partial charge in [-0.15, -0.1) is 0 Å². The molecule has 0 amide bonds. The molecule has 172 valence electrons. The number of fused-ring (bicyclic) bond motifs is 1. The number of halogens is 1. The number of benzene rings is 3. The smallest absolute Gasteiger partial charge is 0.449 e. The molecule has 4 nitrogen and oxygen atoms in total. The Balaban J connectivity index is 1.69. The lowest BCUT2D eigenvalue weighted by atomic mass is 9.72. The number of hydrogen-bond acceptors (Lipinski definition) is 3. The van der Waals surface area contributed by atoms with Crippen molar-refractivity contribution in [3.8, 4) is 16.9 Å². The van der Waals surface area contributed by atoms with Gasteiger partial charge in [0.05, 0.1) is 6.04 Å². The van der Waals surface area contributed by atoms with Crippen LogP contribution in [0.3, 0.4) is 0 Å². The van der Waals surface area contributed by atoms with Crippen LogP contribution in [0.2, 0.25) is 0 Å². The average Bonchev–Trinajstić information content (AvgIpc) is 2.74. The Kier molecular flexibility index (Phi) is 5.69. The van der Waals surface area contributed by atoms with E-state index in [9.17, 15) is 9.18 Å². The van der Waals surface area contributed by atoms with Crippen LogP contribution < -0.4 is 10.1 Å². The largest absolute Gasteiger partial charge is 0.511 e. The molecule has 5 heteroatoms. The molecule has 33 heavy (non-hydrogen) atoms. The summed E-state index contributed by atoms with van der Waals surface area (Å²) in [5.41, 5.74) is 5.72. The van der Waals surface area contributed by atoms with E-state index < -0.39 is 12.0 Å². The second-order valence-electron chi connectivity index (χ2n) is 10.5. The predicted molar refractivity (Wildman–Crippen MR) is 129 cm³/mol. The second-order valence-corrected chi connectivity index (χ2v) is 10.5. The molecule has 0 aromatic heterocycles. The van der Waals surface area contributed by atoms with Crippen molar-refractivity contribution in [2.45, 2.75) is 52.5 Å². The lowest BCUT2D eigenvalue weighted by Crippen LogP contribution is -2.35. The molecule has 0 fully saturated rings. The van der Waals surface area contributed by atoms with Crippen molar-refractivity contribution in [3.63, 3.8) is 0 Å². The summed E-state index contributed by atoms with van der Waals surface area (Å²) in [7, 11) is 0. The van der Waals surface area contributed by atoms with Gasteiger partial charge in [-0.05, 0) is 57.7 Å². The third-order valence-electron chi connectivity index (χ3n) is 6.42. The lowest BCUT2D eigenvalue weighted by Gasteiger charge is -2.41. The van der Waals surface area contributed by atoms with E-state index >= 15 is 0 Å². The van der Waals surface area contributed by atoms with E-state index in [0.717, 1.165) is 16.7 Å². The molecule has 0 bridgehead atoms. The van der Waals surface area contributed by atoms with Crippen molar-refractivity contribution >= 4 is 11.8 Å². The van der Waals surface area contributed by atoms with Crippen LogP contribution in [0.4, 0.5) is 14.9 Å². The van der Waals surface area contributed by atoms with Gasteiger partial charge in [-0.1, -0.05) is 77.1 Å². The van der Waals surface area contributed by atoms with Crippen molar-refractivity contribution in [1.29, 1.82) is 0 Å². The van der Waals surface area contributed by atoms with E-state index in [-0.39, 0.29) is 22.6 Å². The molecule has 0 aliphatic carbocycles. The Morgan fingerprint density at radius 3 is 2.39 bits per heavy atom. The van der Waals surface area contributed by atoms with Crippen molar-refractivity contribution in [3.05, 3.63) is 83.2 Å². The van der Waals surface area contributed by atoms with Crippen molar-refractivity contribution in [1.82, 2.24) is 0 Å². The van der Waals surface area contributed by atoms with Crippen LogP contribution in [0.15, 0.2) is 60.7 Å². The topological polar surface area (TPSA) is 58.6 Å². The molecule has 0 spiro atoms. The van der Waals surface area contributed by atoms with E-state index in [1.807, 2.05) is 0 Å². The highest BCUT2D eigenvalue weighted by atomic mass is 19.1. The van der Waals surface area contributed by atoms with Gasteiger partial charge in [0, 0.05) is 11.3 Å². The number of carbonyl (C=O) groups is 1. The quantitative estimate of drug-likeness (QED) is 0.321. The third kappa shape index (κ3) is 4.58. The normalized spacial score (nSPS) is 17.1. The van der Waals surface area contributed by atoms with Crippen molar-refractivity contribution in [2.24, 2.45) is 5.41 Å². The molecule has 1 aliphatic heterocycles. The van der Waals surface area contributed by atoms with Gasteiger partial charge in [0.2, 0.25) is 0 Å². The first kappa shape index (κ1) is 22.8. The standard InChI is InChI=1S/C28H30FNO3/c1-27(2,3)20-11-9-17(10-12-20)18-7-6-8-19(15-18)25-28(4,5)16-21-23(30-25)14-13-22(29)24(21)33-26(31)32/h6-15,25,30H,16H2,1-5H3,(H,31,32). The fraction of sp³-hybridized carbons (Fsp3) is 0.321. The van der Waals surface area contributed by atoms with Gasteiger partial charge in [0.1, 0.15) is 0 Å².